The fraction of sp³-hybridized carbons (Fsp3) is 0.409. The Balaban J connectivity index is 1.48. The molecule has 0 unspecified atom stereocenters. The summed E-state index contributed by atoms with van der Waals surface area (Å²) in [6.45, 7) is 7.93. The first kappa shape index (κ1) is 21.5. The number of likely N-dealkylation sites (tertiary alicyclic amines) is 1. The molecule has 32 heavy (non-hydrogen) atoms. The van der Waals surface area contributed by atoms with Gasteiger partial charge in [-0.2, -0.15) is 4.98 Å². The van der Waals surface area contributed by atoms with E-state index in [4.69, 9.17) is 18.7 Å². The molecule has 0 spiro atoms. The summed E-state index contributed by atoms with van der Waals surface area (Å²) in [5.74, 6) is 2.52. The van der Waals surface area contributed by atoms with Crippen LogP contribution in [-0.4, -0.2) is 63.8 Å². The summed E-state index contributed by atoms with van der Waals surface area (Å²) in [6.07, 6.45) is 3.23. The quantitative estimate of drug-likeness (QED) is 0.496. The van der Waals surface area contributed by atoms with Crippen LogP contribution >= 0.6 is 0 Å². The number of nitrogens with zero attached hydrogens (tertiary/aromatic N) is 5. The highest BCUT2D eigenvalue weighted by Gasteiger charge is 2.37. The van der Waals surface area contributed by atoms with Crippen molar-refractivity contribution in [2.75, 3.05) is 32.9 Å². The third-order valence-corrected chi connectivity index (χ3v) is 4.88. The van der Waals surface area contributed by atoms with Crippen LogP contribution in [0.5, 0.6) is 17.2 Å². The van der Waals surface area contributed by atoms with Crippen molar-refractivity contribution in [3.8, 4) is 28.9 Å². The van der Waals surface area contributed by atoms with Gasteiger partial charge in [0.05, 0.1) is 25.7 Å². The van der Waals surface area contributed by atoms with Gasteiger partial charge in [-0.05, 0) is 39.0 Å². The van der Waals surface area contributed by atoms with Gasteiger partial charge in [-0.1, -0.05) is 5.16 Å². The van der Waals surface area contributed by atoms with Gasteiger partial charge in [0.2, 0.25) is 23.3 Å². The Labute approximate surface area is 185 Å². The van der Waals surface area contributed by atoms with Crippen molar-refractivity contribution in [2.45, 2.75) is 26.7 Å². The number of hydrogen-bond donors (Lipinski definition) is 0. The molecule has 0 radical (unpaired) electrons. The first-order valence-corrected chi connectivity index (χ1v) is 10.6. The number of aromatic nitrogens is 4. The van der Waals surface area contributed by atoms with Crippen LogP contribution < -0.4 is 14.2 Å². The molecule has 3 heterocycles. The molecule has 10 nitrogen and oxygen atoms in total. The minimum Gasteiger partial charge on any atom is -0.490 e. The summed E-state index contributed by atoms with van der Waals surface area (Å²) in [5.41, 5.74) is 0.475. The van der Waals surface area contributed by atoms with Gasteiger partial charge < -0.3 is 23.6 Å². The number of carbonyl (C=O) groups excluding carboxylic acids is 1. The Hall–Kier alpha value is -3.69. The summed E-state index contributed by atoms with van der Waals surface area (Å²) < 4.78 is 22.5. The lowest BCUT2D eigenvalue weighted by Crippen LogP contribution is -2.48. The van der Waals surface area contributed by atoms with Crippen LogP contribution in [0.4, 0.5) is 0 Å². The average molecular weight is 439 g/mol. The van der Waals surface area contributed by atoms with Gasteiger partial charge in [0.15, 0.2) is 11.5 Å². The van der Waals surface area contributed by atoms with E-state index in [1.807, 2.05) is 20.8 Å². The van der Waals surface area contributed by atoms with Crippen molar-refractivity contribution in [3.63, 3.8) is 0 Å². The zero-order chi connectivity index (χ0) is 22.5. The van der Waals surface area contributed by atoms with Gasteiger partial charge in [0.1, 0.15) is 0 Å². The molecule has 1 aliphatic heterocycles. The summed E-state index contributed by atoms with van der Waals surface area (Å²) in [4.78, 5) is 27.4. The van der Waals surface area contributed by atoms with Crippen molar-refractivity contribution < 1.29 is 23.5 Å². The Kier molecular flexibility index (Phi) is 6.48. The molecule has 0 bridgehead atoms. The van der Waals surface area contributed by atoms with E-state index in [0.717, 1.165) is 0 Å². The highest BCUT2D eigenvalue weighted by Crippen LogP contribution is 2.40. The maximum Gasteiger partial charge on any atom is 0.254 e. The Morgan fingerprint density at radius 1 is 1.00 bits per heavy atom. The van der Waals surface area contributed by atoms with Crippen LogP contribution in [-0.2, 0) is 0 Å². The highest BCUT2D eigenvalue weighted by atomic mass is 16.5. The minimum atomic E-state index is -0.127. The summed E-state index contributed by atoms with van der Waals surface area (Å²) >= 11 is 0. The van der Waals surface area contributed by atoms with Crippen molar-refractivity contribution in [1.82, 2.24) is 25.0 Å². The van der Waals surface area contributed by atoms with E-state index in [9.17, 15) is 4.79 Å². The highest BCUT2D eigenvalue weighted by molar-refractivity contribution is 5.96. The second-order valence-electron chi connectivity index (χ2n) is 7.04. The van der Waals surface area contributed by atoms with Gasteiger partial charge >= 0.3 is 0 Å². The smallest absolute Gasteiger partial charge is 0.254 e. The Bertz CT molecular complexity index is 1040. The van der Waals surface area contributed by atoms with E-state index >= 15 is 0 Å². The summed E-state index contributed by atoms with van der Waals surface area (Å²) in [5, 5.41) is 3.95. The van der Waals surface area contributed by atoms with Crippen LogP contribution in [0.15, 0.2) is 35.1 Å². The second kappa shape index (κ2) is 9.63. The molecule has 10 heteroatoms. The summed E-state index contributed by atoms with van der Waals surface area (Å²) in [7, 11) is 0. The van der Waals surface area contributed by atoms with Gasteiger partial charge in [0, 0.05) is 31.0 Å². The monoisotopic (exact) mass is 439 g/mol. The Morgan fingerprint density at radius 3 is 2.22 bits per heavy atom. The standard InChI is InChI=1S/C22H25N5O5/c1-4-29-16-10-14(11-17(30-5-2)18(16)31-6-3)22(28)27-12-15(13-27)21-25-20(26-32-21)19-23-8-7-9-24-19/h7-11,15H,4-6,12-13H2,1-3H3. The second-order valence-corrected chi connectivity index (χ2v) is 7.04. The number of rotatable bonds is 9. The molecule has 168 valence electrons. The van der Waals surface area contributed by atoms with Crippen LogP contribution in [0.25, 0.3) is 11.6 Å². The van der Waals surface area contributed by atoms with Crippen molar-refractivity contribution in [3.05, 3.63) is 42.0 Å². The molecule has 1 amide bonds. The molecule has 4 rings (SSSR count). The van der Waals surface area contributed by atoms with Crippen molar-refractivity contribution in [1.29, 1.82) is 0 Å². The topological polar surface area (TPSA) is 113 Å². The van der Waals surface area contributed by atoms with Crippen LogP contribution in [0.1, 0.15) is 42.9 Å². The molecule has 0 atom stereocenters. The fourth-order valence-electron chi connectivity index (χ4n) is 3.40. The molecule has 3 aromatic rings. The van der Waals surface area contributed by atoms with Crippen molar-refractivity contribution >= 4 is 5.91 Å². The number of hydrogen-bond acceptors (Lipinski definition) is 9. The molecular formula is C22H25N5O5. The summed E-state index contributed by atoms with van der Waals surface area (Å²) in [6, 6.07) is 5.11. The largest absolute Gasteiger partial charge is 0.490 e. The molecule has 1 saturated heterocycles. The van der Waals surface area contributed by atoms with E-state index in [-0.39, 0.29) is 11.8 Å². The Morgan fingerprint density at radius 2 is 1.62 bits per heavy atom. The normalized spacial score (nSPS) is 13.5. The maximum atomic E-state index is 13.1. The molecule has 1 aliphatic rings. The molecule has 2 aromatic heterocycles. The fourth-order valence-corrected chi connectivity index (χ4v) is 3.40. The minimum absolute atomic E-state index is 0.0377. The molecular weight excluding hydrogens is 414 g/mol. The zero-order valence-corrected chi connectivity index (χ0v) is 18.3. The van der Waals surface area contributed by atoms with Gasteiger partial charge in [-0.3, -0.25) is 4.79 Å². The molecule has 0 saturated carbocycles. The van der Waals surface area contributed by atoms with E-state index in [1.165, 1.54) is 0 Å². The number of benzene rings is 1. The number of carbonyl (C=O) groups is 1. The number of amides is 1. The first-order chi connectivity index (χ1) is 15.6. The molecule has 0 N–H and O–H groups in total. The average Bonchev–Trinajstić information content (AvgIpc) is 3.25. The third kappa shape index (κ3) is 4.34. The molecule has 1 fully saturated rings. The molecule has 0 aliphatic carbocycles. The third-order valence-electron chi connectivity index (χ3n) is 4.88. The zero-order valence-electron chi connectivity index (χ0n) is 18.3. The molecule has 1 aromatic carbocycles. The van der Waals surface area contributed by atoms with E-state index in [0.29, 0.717) is 73.3 Å². The predicted molar refractivity (Wildman–Crippen MR) is 114 cm³/mol. The van der Waals surface area contributed by atoms with Gasteiger partial charge in [-0.15, -0.1) is 0 Å². The van der Waals surface area contributed by atoms with Gasteiger partial charge in [-0.25, -0.2) is 9.97 Å². The van der Waals surface area contributed by atoms with Crippen LogP contribution in [0.3, 0.4) is 0 Å². The predicted octanol–water partition coefficient (Wildman–Crippen LogP) is 2.96. The van der Waals surface area contributed by atoms with E-state index < -0.39 is 0 Å². The lowest BCUT2D eigenvalue weighted by molar-refractivity contribution is 0.0568. The lowest BCUT2D eigenvalue weighted by atomic mass is 9.98. The van der Waals surface area contributed by atoms with Crippen molar-refractivity contribution in [2.24, 2.45) is 0 Å². The van der Waals surface area contributed by atoms with Crippen LogP contribution in [0.2, 0.25) is 0 Å². The van der Waals surface area contributed by atoms with Crippen LogP contribution in [0, 0.1) is 0 Å². The number of ether oxygens (including phenoxy) is 3. The lowest BCUT2D eigenvalue weighted by Gasteiger charge is -2.37. The SMILES string of the molecule is CCOc1cc(C(=O)N2CC(c3nc(-c4ncccn4)no3)C2)cc(OCC)c1OCC. The maximum absolute atomic E-state index is 13.1. The first-order valence-electron chi connectivity index (χ1n) is 10.6. The van der Waals surface area contributed by atoms with E-state index in [2.05, 4.69) is 20.1 Å². The van der Waals surface area contributed by atoms with Gasteiger partial charge in [0.25, 0.3) is 5.91 Å². The van der Waals surface area contributed by atoms with E-state index in [1.54, 1.807) is 35.5 Å².